The smallest absolute Gasteiger partial charge is 0.312 e. The van der Waals surface area contributed by atoms with E-state index in [2.05, 4.69) is 53.8 Å². The van der Waals surface area contributed by atoms with Gasteiger partial charge >= 0.3 is 5.97 Å². The zero-order valence-electron chi connectivity index (χ0n) is 19.2. The highest BCUT2D eigenvalue weighted by Gasteiger charge is 2.58. The quantitative estimate of drug-likeness (QED) is 0.370. The standard InChI is InChI=1S/C27H29BrFNO2/c1-14(2)16-12-17-19(13-20(16)28)26(3)9-6-10-27(4,25(31)32-5)24(26)22-18-11-15(29)7-8-21(18)30-23(17)22/h7-8,11-14,24,30H,6,9-10H2,1-5H3/t24-,26-,27+/m1/s1. The number of hydrogen-bond acceptors (Lipinski definition) is 2. The van der Waals surface area contributed by atoms with E-state index in [4.69, 9.17) is 4.74 Å². The van der Waals surface area contributed by atoms with E-state index in [1.807, 2.05) is 6.92 Å². The molecule has 5 heteroatoms. The molecule has 0 saturated heterocycles. The maximum Gasteiger partial charge on any atom is 0.312 e. The topological polar surface area (TPSA) is 42.1 Å². The second-order valence-electron chi connectivity index (χ2n) is 10.3. The SMILES string of the molecule is COC(=O)[C@@]1(C)CCC[C@]2(C)c3cc(Br)c(C(C)C)cc3-c3[nH]c4ccc(F)cc4c3[C@@H]12. The van der Waals surface area contributed by atoms with Crippen LogP contribution in [0.25, 0.3) is 22.2 Å². The van der Waals surface area contributed by atoms with Crippen molar-refractivity contribution in [3.05, 3.63) is 57.3 Å². The fraction of sp³-hybridized carbons (Fsp3) is 0.444. The number of carbonyl (C=O) groups excluding carboxylic acids is 1. The first-order valence-corrected chi connectivity index (χ1v) is 12.1. The number of benzene rings is 2. The zero-order valence-corrected chi connectivity index (χ0v) is 20.8. The van der Waals surface area contributed by atoms with Crippen LogP contribution in [0.4, 0.5) is 4.39 Å². The summed E-state index contributed by atoms with van der Waals surface area (Å²) < 4.78 is 20.9. The van der Waals surface area contributed by atoms with Crippen LogP contribution < -0.4 is 0 Å². The van der Waals surface area contributed by atoms with Gasteiger partial charge in [-0.25, -0.2) is 4.39 Å². The monoisotopic (exact) mass is 497 g/mol. The number of ether oxygens (including phenoxy) is 1. The predicted octanol–water partition coefficient (Wildman–Crippen LogP) is 7.58. The largest absolute Gasteiger partial charge is 0.469 e. The molecular weight excluding hydrogens is 469 g/mol. The van der Waals surface area contributed by atoms with E-state index < -0.39 is 5.41 Å². The van der Waals surface area contributed by atoms with Gasteiger partial charge in [-0.3, -0.25) is 4.79 Å². The third-order valence-electron chi connectivity index (χ3n) is 8.05. The van der Waals surface area contributed by atoms with Crippen molar-refractivity contribution in [1.82, 2.24) is 4.98 Å². The Morgan fingerprint density at radius 3 is 2.66 bits per heavy atom. The van der Waals surface area contributed by atoms with Crippen LogP contribution in [0.5, 0.6) is 0 Å². The zero-order chi connectivity index (χ0) is 23.0. The van der Waals surface area contributed by atoms with Gasteiger partial charge < -0.3 is 9.72 Å². The number of H-pyrrole nitrogens is 1. The van der Waals surface area contributed by atoms with E-state index in [1.165, 1.54) is 24.3 Å². The molecule has 0 bridgehead atoms. The van der Waals surface area contributed by atoms with E-state index in [-0.39, 0.29) is 23.1 Å². The number of methoxy groups -OCH3 is 1. The third kappa shape index (κ3) is 2.79. The molecule has 168 valence electrons. The summed E-state index contributed by atoms with van der Waals surface area (Å²) in [6.07, 6.45) is 2.65. The first-order chi connectivity index (χ1) is 15.1. The molecule has 32 heavy (non-hydrogen) atoms. The molecule has 1 saturated carbocycles. The van der Waals surface area contributed by atoms with Gasteiger partial charge in [0, 0.05) is 32.3 Å². The Kier molecular flexibility index (Phi) is 4.87. The fourth-order valence-electron chi connectivity index (χ4n) is 6.60. The number of rotatable bonds is 2. The molecule has 1 fully saturated rings. The van der Waals surface area contributed by atoms with Crippen molar-refractivity contribution in [2.75, 3.05) is 7.11 Å². The van der Waals surface area contributed by atoms with Gasteiger partial charge in [0.15, 0.2) is 0 Å². The summed E-state index contributed by atoms with van der Waals surface area (Å²) in [5, 5.41) is 0.868. The van der Waals surface area contributed by atoms with Gasteiger partial charge in [0.1, 0.15) is 5.82 Å². The molecule has 0 unspecified atom stereocenters. The highest BCUT2D eigenvalue weighted by atomic mass is 79.9. The van der Waals surface area contributed by atoms with Crippen LogP contribution >= 0.6 is 15.9 Å². The van der Waals surface area contributed by atoms with Gasteiger partial charge in [0.05, 0.1) is 18.2 Å². The van der Waals surface area contributed by atoms with Gasteiger partial charge in [0.2, 0.25) is 0 Å². The molecule has 0 spiro atoms. The van der Waals surface area contributed by atoms with Crippen molar-refractivity contribution in [3.63, 3.8) is 0 Å². The van der Waals surface area contributed by atoms with E-state index in [9.17, 15) is 9.18 Å². The van der Waals surface area contributed by atoms with Crippen molar-refractivity contribution in [3.8, 4) is 11.3 Å². The summed E-state index contributed by atoms with van der Waals surface area (Å²) >= 11 is 3.82. The molecule has 0 radical (unpaired) electrons. The Bertz CT molecular complexity index is 1260. The van der Waals surface area contributed by atoms with E-state index >= 15 is 0 Å². The Morgan fingerprint density at radius 2 is 1.97 bits per heavy atom. The van der Waals surface area contributed by atoms with Crippen LogP contribution in [0.1, 0.15) is 75.5 Å². The minimum absolute atomic E-state index is 0.119. The number of hydrogen-bond donors (Lipinski definition) is 1. The second-order valence-corrected chi connectivity index (χ2v) is 11.1. The third-order valence-corrected chi connectivity index (χ3v) is 8.74. The number of fused-ring (bicyclic) bond motifs is 8. The van der Waals surface area contributed by atoms with Gasteiger partial charge in [-0.1, -0.05) is 43.1 Å². The molecule has 1 N–H and O–H groups in total. The Labute approximate surface area is 196 Å². The molecule has 3 aromatic rings. The average molecular weight is 498 g/mol. The highest BCUT2D eigenvalue weighted by Crippen LogP contribution is 2.64. The second kappa shape index (κ2) is 7.18. The van der Waals surface area contributed by atoms with Crippen molar-refractivity contribution >= 4 is 32.8 Å². The van der Waals surface area contributed by atoms with Crippen LogP contribution in [0.15, 0.2) is 34.8 Å². The lowest BCUT2D eigenvalue weighted by molar-refractivity contribution is -0.157. The normalized spacial score (nSPS) is 26.6. The van der Waals surface area contributed by atoms with E-state index in [0.717, 1.165) is 51.5 Å². The highest BCUT2D eigenvalue weighted by molar-refractivity contribution is 9.10. The van der Waals surface area contributed by atoms with Crippen molar-refractivity contribution in [2.24, 2.45) is 5.41 Å². The van der Waals surface area contributed by atoms with Crippen LogP contribution in [-0.2, 0) is 14.9 Å². The van der Waals surface area contributed by atoms with Crippen molar-refractivity contribution in [2.45, 2.75) is 64.2 Å². The summed E-state index contributed by atoms with van der Waals surface area (Å²) in [5.41, 5.74) is 5.65. The van der Waals surface area contributed by atoms with Gasteiger partial charge in [-0.15, -0.1) is 0 Å². The molecule has 0 aliphatic heterocycles. The van der Waals surface area contributed by atoms with E-state index in [1.54, 1.807) is 12.1 Å². The van der Waals surface area contributed by atoms with Gasteiger partial charge in [0.25, 0.3) is 0 Å². The molecule has 3 atom stereocenters. The summed E-state index contributed by atoms with van der Waals surface area (Å²) in [6.45, 7) is 8.69. The first kappa shape index (κ1) is 21.7. The molecule has 1 aromatic heterocycles. The summed E-state index contributed by atoms with van der Waals surface area (Å²) in [6, 6.07) is 9.45. The molecule has 2 aromatic carbocycles. The maximum absolute atomic E-state index is 14.4. The maximum atomic E-state index is 14.4. The van der Waals surface area contributed by atoms with E-state index in [0.29, 0.717) is 5.92 Å². The Balaban J connectivity index is 1.92. The molecule has 0 amide bonds. The lowest BCUT2D eigenvalue weighted by Crippen LogP contribution is -2.50. The van der Waals surface area contributed by atoms with Crippen molar-refractivity contribution in [1.29, 1.82) is 0 Å². The number of aromatic nitrogens is 1. The first-order valence-electron chi connectivity index (χ1n) is 11.4. The molecule has 2 aliphatic carbocycles. The van der Waals surface area contributed by atoms with Gasteiger partial charge in [-0.2, -0.15) is 0 Å². The van der Waals surface area contributed by atoms with Crippen LogP contribution in [-0.4, -0.2) is 18.1 Å². The Morgan fingerprint density at radius 1 is 1.22 bits per heavy atom. The molecule has 1 heterocycles. The minimum atomic E-state index is -0.696. The van der Waals surface area contributed by atoms with Crippen LogP contribution in [0.3, 0.4) is 0 Å². The summed E-state index contributed by atoms with van der Waals surface area (Å²) in [7, 11) is 1.47. The minimum Gasteiger partial charge on any atom is -0.469 e. The summed E-state index contributed by atoms with van der Waals surface area (Å²) in [5.74, 6) is -0.212. The van der Waals surface area contributed by atoms with Gasteiger partial charge in [-0.05, 0) is 72.7 Å². The lowest BCUT2D eigenvalue weighted by Gasteiger charge is -2.54. The average Bonchev–Trinajstić information content (AvgIpc) is 3.10. The number of carbonyl (C=O) groups is 1. The fourth-order valence-corrected chi connectivity index (χ4v) is 7.41. The van der Waals surface area contributed by atoms with Crippen LogP contribution in [0, 0.1) is 11.2 Å². The Hall–Kier alpha value is -2.14. The number of esters is 1. The number of halogens is 2. The predicted molar refractivity (Wildman–Crippen MR) is 130 cm³/mol. The van der Waals surface area contributed by atoms with Crippen molar-refractivity contribution < 1.29 is 13.9 Å². The van der Waals surface area contributed by atoms with Crippen LogP contribution in [0.2, 0.25) is 0 Å². The molecule has 5 rings (SSSR count). The summed E-state index contributed by atoms with van der Waals surface area (Å²) in [4.78, 5) is 16.8. The molecular formula is C27H29BrFNO2. The number of nitrogens with one attached hydrogen (secondary N) is 1. The lowest BCUT2D eigenvalue weighted by atomic mass is 9.49. The molecule has 3 nitrogen and oxygen atoms in total. The number of aromatic amines is 1. The molecule has 2 aliphatic rings.